The Kier molecular flexibility index (Phi) is 5.82. The number of hydrogen-bond donors (Lipinski definition) is 1. The standard InChI is InChI=1S/C14H20ClNO2S/c1-2-16-13-7-8-18-9-14(13)19(17)10-11-5-3-4-6-12(11)15/h3-6,13-14,16H,2,7-10H2,1H3. The summed E-state index contributed by atoms with van der Waals surface area (Å²) in [4.78, 5) is 0. The van der Waals surface area contributed by atoms with Gasteiger partial charge in [0.15, 0.2) is 0 Å². The SMILES string of the molecule is CCNC1CCOCC1S(=O)Cc1ccccc1Cl. The summed E-state index contributed by atoms with van der Waals surface area (Å²) in [6, 6.07) is 7.87. The zero-order chi connectivity index (χ0) is 13.7. The van der Waals surface area contributed by atoms with Crippen molar-refractivity contribution in [2.24, 2.45) is 0 Å². The highest BCUT2D eigenvalue weighted by molar-refractivity contribution is 7.85. The Morgan fingerprint density at radius 1 is 1.47 bits per heavy atom. The van der Waals surface area contributed by atoms with Crippen LogP contribution in [0.15, 0.2) is 24.3 Å². The summed E-state index contributed by atoms with van der Waals surface area (Å²) in [5.74, 6) is 0.496. The van der Waals surface area contributed by atoms with Crippen molar-refractivity contribution in [1.82, 2.24) is 5.32 Å². The number of benzene rings is 1. The predicted octanol–water partition coefficient (Wildman–Crippen LogP) is 2.36. The fourth-order valence-electron chi connectivity index (χ4n) is 2.34. The average Bonchev–Trinajstić information content (AvgIpc) is 2.42. The molecule has 0 aromatic heterocycles. The third-order valence-electron chi connectivity index (χ3n) is 3.36. The van der Waals surface area contributed by atoms with E-state index in [9.17, 15) is 4.21 Å². The molecule has 3 atom stereocenters. The molecule has 19 heavy (non-hydrogen) atoms. The Labute approximate surface area is 122 Å². The summed E-state index contributed by atoms with van der Waals surface area (Å²) in [7, 11) is -0.971. The molecular formula is C14H20ClNO2S. The molecule has 0 amide bonds. The van der Waals surface area contributed by atoms with Gasteiger partial charge in [0.25, 0.3) is 0 Å². The van der Waals surface area contributed by atoms with Crippen LogP contribution in [-0.2, 0) is 21.3 Å². The first-order valence-corrected chi connectivity index (χ1v) is 8.40. The van der Waals surface area contributed by atoms with Crippen LogP contribution in [0, 0.1) is 0 Å². The monoisotopic (exact) mass is 301 g/mol. The molecule has 1 aromatic rings. The first-order chi connectivity index (χ1) is 9.22. The number of hydrogen-bond acceptors (Lipinski definition) is 3. The van der Waals surface area contributed by atoms with Crippen LogP contribution in [0.25, 0.3) is 0 Å². The zero-order valence-electron chi connectivity index (χ0n) is 11.1. The molecule has 0 aliphatic carbocycles. The maximum Gasteiger partial charge on any atom is 0.0738 e. The van der Waals surface area contributed by atoms with Crippen LogP contribution in [-0.4, -0.2) is 35.3 Å². The van der Waals surface area contributed by atoms with Crippen LogP contribution in [0.5, 0.6) is 0 Å². The van der Waals surface area contributed by atoms with Gasteiger partial charge in [-0.1, -0.05) is 36.7 Å². The summed E-state index contributed by atoms with van der Waals surface area (Å²) in [6.45, 7) is 4.28. The van der Waals surface area contributed by atoms with E-state index in [0.717, 1.165) is 25.1 Å². The van der Waals surface area contributed by atoms with Crippen molar-refractivity contribution in [3.8, 4) is 0 Å². The smallest absolute Gasteiger partial charge is 0.0738 e. The third-order valence-corrected chi connectivity index (χ3v) is 5.47. The van der Waals surface area contributed by atoms with Crippen molar-refractivity contribution in [2.75, 3.05) is 19.8 Å². The topological polar surface area (TPSA) is 38.3 Å². The van der Waals surface area contributed by atoms with Gasteiger partial charge in [-0.25, -0.2) is 0 Å². The van der Waals surface area contributed by atoms with Crippen molar-refractivity contribution in [1.29, 1.82) is 0 Å². The van der Waals surface area contributed by atoms with Crippen LogP contribution in [0.4, 0.5) is 0 Å². The van der Waals surface area contributed by atoms with Crippen LogP contribution in [0.3, 0.4) is 0 Å². The molecule has 0 bridgehead atoms. The highest BCUT2D eigenvalue weighted by Crippen LogP contribution is 2.21. The van der Waals surface area contributed by atoms with E-state index in [2.05, 4.69) is 12.2 Å². The second-order valence-corrected chi connectivity index (χ2v) is 6.75. The van der Waals surface area contributed by atoms with Gasteiger partial charge in [0.1, 0.15) is 0 Å². The predicted molar refractivity (Wildman–Crippen MR) is 80.0 cm³/mol. The molecule has 1 N–H and O–H groups in total. The van der Waals surface area contributed by atoms with Crippen molar-refractivity contribution in [3.05, 3.63) is 34.9 Å². The maximum absolute atomic E-state index is 12.5. The van der Waals surface area contributed by atoms with Crippen LogP contribution in [0.2, 0.25) is 5.02 Å². The van der Waals surface area contributed by atoms with E-state index in [4.69, 9.17) is 16.3 Å². The summed E-state index contributed by atoms with van der Waals surface area (Å²) >= 11 is 6.12. The fourth-order valence-corrected chi connectivity index (χ4v) is 4.24. The van der Waals surface area contributed by atoms with E-state index in [1.165, 1.54) is 0 Å². The van der Waals surface area contributed by atoms with E-state index in [-0.39, 0.29) is 11.3 Å². The lowest BCUT2D eigenvalue weighted by molar-refractivity contribution is 0.0824. The van der Waals surface area contributed by atoms with Gasteiger partial charge in [0, 0.05) is 28.5 Å². The first kappa shape index (κ1) is 15.0. The van der Waals surface area contributed by atoms with Crippen molar-refractivity contribution < 1.29 is 8.95 Å². The van der Waals surface area contributed by atoms with Crippen LogP contribution < -0.4 is 5.32 Å². The lowest BCUT2D eigenvalue weighted by Gasteiger charge is -2.31. The highest BCUT2D eigenvalue weighted by Gasteiger charge is 2.30. The Hall–Kier alpha value is -0.420. The Morgan fingerprint density at radius 2 is 2.26 bits per heavy atom. The van der Waals surface area contributed by atoms with Gasteiger partial charge < -0.3 is 10.1 Å². The van der Waals surface area contributed by atoms with Crippen molar-refractivity contribution >= 4 is 22.4 Å². The Morgan fingerprint density at radius 3 is 3.00 bits per heavy atom. The van der Waals surface area contributed by atoms with Crippen LogP contribution in [0.1, 0.15) is 18.9 Å². The van der Waals surface area contributed by atoms with Gasteiger partial charge in [-0.15, -0.1) is 0 Å². The van der Waals surface area contributed by atoms with Crippen LogP contribution >= 0.6 is 11.6 Å². The van der Waals surface area contributed by atoms with Gasteiger partial charge in [-0.2, -0.15) is 0 Å². The van der Waals surface area contributed by atoms with Crippen molar-refractivity contribution in [3.63, 3.8) is 0 Å². The second kappa shape index (κ2) is 7.39. The van der Waals surface area contributed by atoms with Crippen molar-refractivity contribution in [2.45, 2.75) is 30.4 Å². The molecule has 0 saturated carbocycles. The lowest BCUT2D eigenvalue weighted by atomic mass is 10.1. The fraction of sp³-hybridized carbons (Fsp3) is 0.571. The summed E-state index contributed by atoms with van der Waals surface area (Å²) < 4.78 is 18.0. The molecule has 3 unspecified atom stereocenters. The number of ether oxygens (including phenoxy) is 1. The van der Waals surface area contributed by atoms with Gasteiger partial charge in [0.2, 0.25) is 0 Å². The number of halogens is 1. The summed E-state index contributed by atoms with van der Waals surface area (Å²) in [6.07, 6.45) is 0.923. The third kappa shape index (κ3) is 4.02. The number of nitrogens with one attached hydrogen (secondary N) is 1. The van der Waals surface area contributed by atoms with E-state index >= 15 is 0 Å². The minimum Gasteiger partial charge on any atom is -0.380 e. The molecule has 106 valence electrons. The second-order valence-electron chi connectivity index (χ2n) is 4.68. The van der Waals surface area contributed by atoms with E-state index < -0.39 is 10.8 Å². The molecule has 0 spiro atoms. The average molecular weight is 302 g/mol. The molecule has 1 aliphatic heterocycles. The zero-order valence-corrected chi connectivity index (χ0v) is 12.7. The molecular weight excluding hydrogens is 282 g/mol. The molecule has 1 aromatic carbocycles. The maximum atomic E-state index is 12.5. The minimum absolute atomic E-state index is 0.0463. The Bertz CT molecular complexity index is 439. The Balaban J connectivity index is 2.03. The molecule has 1 aliphatic rings. The molecule has 1 heterocycles. The highest BCUT2D eigenvalue weighted by atomic mass is 35.5. The van der Waals surface area contributed by atoms with Gasteiger partial charge in [-0.3, -0.25) is 4.21 Å². The van der Waals surface area contributed by atoms with E-state index in [0.29, 0.717) is 17.4 Å². The van der Waals surface area contributed by atoms with Gasteiger partial charge in [-0.05, 0) is 24.6 Å². The molecule has 3 nitrogen and oxygen atoms in total. The number of rotatable bonds is 5. The normalized spacial score (nSPS) is 25.2. The summed E-state index contributed by atoms with van der Waals surface area (Å²) in [5.41, 5.74) is 0.948. The molecule has 1 fully saturated rings. The molecule has 0 radical (unpaired) electrons. The first-order valence-electron chi connectivity index (χ1n) is 6.64. The molecule has 5 heteroatoms. The molecule has 2 rings (SSSR count). The van der Waals surface area contributed by atoms with E-state index in [1.807, 2.05) is 24.3 Å². The lowest BCUT2D eigenvalue weighted by Crippen LogP contribution is -2.48. The molecule has 1 saturated heterocycles. The minimum atomic E-state index is -0.971. The summed E-state index contributed by atoms with van der Waals surface area (Å²) in [5, 5.41) is 4.14. The van der Waals surface area contributed by atoms with E-state index in [1.54, 1.807) is 0 Å². The quantitative estimate of drug-likeness (QED) is 0.907. The largest absolute Gasteiger partial charge is 0.380 e. The van der Waals surface area contributed by atoms with Gasteiger partial charge in [0.05, 0.1) is 17.6 Å². The van der Waals surface area contributed by atoms with Gasteiger partial charge >= 0.3 is 0 Å².